The third-order valence-electron chi connectivity index (χ3n) is 6.06. The Morgan fingerprint density at radius 3 is 2.50 bits per heavy atom. The summed E-state index contributed by atoms with van der Waals surface area (Å²) in [7, 11) is 3.25. The van der Waals surface area contributed by atoms with E-state index in [4.69, 9.17) is 18.9 Å². The van der Waals surface area contributed by atoms with Gasteiger partial charge < -0.3 is 28.7 Å². The van der Waals surface area contributed by atoms with Gasteiger partial charge in [-0.3, -0.25) is 4.79 Å². The minimum atomic E-state index is -0.545. The zero-order valence-electron chi connectivity index (χ0n) is 21.3. The van der Waals surface area contributed by atoms with Crippen molar-refractivity contribution in [2.45, 2.75) is 64.5 Å². The molecule has 1 saturated heterocycles. The highest BCUT2D eigenvalue weighted by Crippen LogP contribution is 2.34. The molecule has 8 heteroatoms. The Balaban J connectivity index is 1.75. The minimum Gasteiger partial charge on any atom is -0.493 e. The monoisotopic (exact) mass is 476 g/mol. The Labute approximate surface area is 203 Å². The molecule has 0 radical (unpaired) electrons. The molecule has 1 aliphatic carbocycles. The summed E-state index contributed by atoms with van der Waals surface area (Å²) in [6.45, 7) is 8.53. The number of amides is 2. The second kappa shape index (κ2) is 11.8. The highest BCUT2D eigenvalue weighted by molar-refractivity contribution is 5.95. The Morgan fingerprint density at radius 1 is 1.09 bits per heavy atom. The summed E-state index contributed by atoms with van der Waals surface area (Å²) < 4.78 is 22.0. The van der Waals surface area contributed by atoms with Crippen molar-refractivity contribution in [3.63, 3.8) is 0 Å². The molecule has 0 aromatic heterocycles. The van der Waals surface area contributed by atoms with Gasteiger partial charge >= 0.3 is 6.09 Å². The van der Waals surface area contributed by atoms with E-state index in [1.807, 2.05) is 25.7 Å². The second-order valence-corrected chi connectivity index (χ2v) is 10.2. The summed E-state index contributed by atoms with van der Waals surface area (Å²) in [5.74, 6) is 1.64. The van der Waals surface area contributed by atoms with Crippen molar-refractivity contribution in [2.24, 2.45) is 5.92 Å². The molecule has 2 fully saturated rings. The Hall–Kier alpha value is -2.48. The number of rotatable bonds is 10. The van der Waals surface area contributed by atoms with Crippen molar-refractivity contribution in [3.05, 3.63) is 23.8 Å². The van der Waals surface area contributed by atoms with E-state index in [1.165, 1.54) is 0 Å². The minimum absolute atomic E-state index is 0.0349. The molecule has 0 N–H and O–H groups in total. The van der Waals surface area contributed by atoms with Crippen LogP contribution in [0.4, 0.5) is 4.79 Å². The van der Waals surface area contributed by atoms with Crippen LogP contribution in [0.2, 0.25) is 0 Å². The molecule has 1 aromatic carbocycles. The van der Waals surface area contributed by atoms with Crippen LogP contribution in [0.15, 0.2) is 18.2 Å². The van der Waals surface area contributed by atoms with Crippen LogP contribution in [-0.4, -0.2) is 80.5 Å². The zero-order valence-corrected chi connectivity index (χ0v) is 21.3. The van der Waals surface area contributed by atoms with Crippen LogP contribution >= 0.6 is 0 Å². The smallest absolute Gasteiger partial charge is 0.410 e. The van der Waals surface area contributed by atoms with Gasteiger partial charge in [-0.25, -0.2) is 4.79 Å². The van der Waals surface area contributed by atoms with Gasteiger partial charge in [-0.15, -0.1) is 0 Å². The Morgan fingerprint density at radius 2 is 1.85 bits per heavy atom. The molecule has 2 amide bonds. The largest absolute Gasteiger partial charge is 0.493 e. The van der Waals surface area contributed by atoms with Crippen LogP contribution in [0.3, 0.4) is 0 Å². The van der Waals surface area contributed by atoms with Crippen LogP contribution in [0.25, 0.3) is 0 Å². The zero-order chi connectivity index (χ0) is 24.7. The predicted octanol–water partition coefficient (Wildman–Crippen LogP) is 4.36. The maximum Gasteiger partial charge on any atom is 0.410 e. The van der Waals surface area contributed by atoms with E-state index < -0.39 is 5.60 Å². The highest BCUT2D eigenvalue weighted by atomic mass is 16.6. The Bertz CT molecular complexity index is 833. The molecular weight excluding hydrogens is 436 g/mol. The fraction of sp³-hybridized carbons (Fsp3) is 0.692. The van der Waals surface area contributed by atoms with E-state index in [0.29, 0.717) is 55.8 Å². The normalized spacial score (nSPS) is 18.4. The number of piperidine rings is 1. The fourth-order valence-corrected chi connectivity index (χ4v) is 4.15. The first kappa shape index (κ1) is 26.1. The first-order valence-electron chi connectivity index (χ1n) is 12.3. The number of hydrogen-bond donors (Lipinski definition) is 0. The van der Waals surface area contributed by atoms with E-state index in [2.05, 4.69) is 0 Å². The summed E-state index contributed by atoms with van der Waals surface area (Å²) in [4.78, 5) is 30.1. The van der Waals surface area contributed by atoms with Gasteiger partial charge in [0.25, 0.3) is 5.91 Å². The van der Waals surface area contributed by atoms with E-state index in [9.17, 15) is 9.59 Å². The number of methoxy groups -OCH3 is 2. The van der Waals surface area contributed by atoms with Crippen molar-refractivity contribution in [2.75, 3.05) is 47.1 Å². The molecule has 1 aliphatic heterocycles. The third-order valence-corrected chi connectivity index (χ3v) is 6.06. The van der Waals surface area contributed by atoms with Gasteiger partial charge in [0, 0.05) is 51.4 Å². The van der Waals surface area contributed by atoms with Crippen molar-refractivity contribution in [1.29, 1.82) is 0 Å². The molecule has 0 bridgehead atoms. The average molecular weight is 477 g/mol. The van der Waals surface area contributed by atoms with Crippen LogP contribution < -0.4 is 9.47 Å². The third kappa shape index (κ3) is 7.52. The first-order chi connectivity index (χ1) is 16.2. The quantitative estimate of drug-likeness (QED) is 0.467. The lowest BCUT2D eigenvalue weighted by Crippen LogP contribution is -2.53. The van der Waals surface area contributed by atoms with Crippen LogP contribution in [-0.2, 0) is 9.47 Å². The summed E-state index contributed by atoms with van der Waals surface area (Å²) in [6, 6.07) is 5.30. The van der Waals surface area contributed by atoms with Gasteiger partial charge in [0.15, 0.2) is 11.5 Å². The molecule has 0 unspecified atom stereocenters. The number of nitrogens with zero attached hydrogens (tertiary/aromatic N) is 2. The van der Waals surface area contributed by atoms with Gasteiger partial charge in [0.2, 0.25) is 0 Å². The predicted molar refractivity (Wildman–Crippen MR) is 130 cm³/mol. The molecule has 1 heterocycles. The van der Waals surface area contributed by atoms with Crippen molar-refractivity contribution >= 4 is 12.0 Å². The molecule has 190 valence electrons. The van der Waals surface area contributed by atoms with Crippen molar-refractivity contribution in [3.8, 4) is 11.5 Å². The molecular formula is C26H40N2O6. The number of likely N-dealkylation sites (tertiary alicyclic amines) is 1. The molecule has 1 atom stereocenters. The topological polar surface area (TPSA) is 77.5 Å². The van der Waals surface area contributed by atoms with Crippen LogP contribution in [0.1, 0.15) is 63.2 Å². The molecule has 0 spiro atoms. The summed E-state index contributed by atoms with van der Waals surface area (Å²) in [5, 5.41) is 0. The molecule has 1 saturated carbocycles. The van der Waals surface area contributed by atoms with Crippen LogP contribution in [0, 0.1) is 5.92 Å². The number of carbonyl (C=O) groups excluding carboxylic acids is 2. The Kier molecular flexibility index (Phi) is 9.05. The summed E-state index contributed by atoms with van der Waals surface area (Å²) in [6.07, 6.45) is 4.43. The molecule has 2 aliphatic rings. The van der Waals surface area contributed by atoms with Gasteiger partial charge in [-0.05, 0) is 70.6 Å². The molecule has 1 aromatic rings. The SMILES string of the molecule is COCCCOc1cc(C(=O)N(CC2CC2)[C@@H]2CCCN(C(=O)OC(C)(C)C)C2)ccc1OC. The number of carbonyl (C=O) groups is 2. The van der Waals surface area contributed by atoms with E-state index in [1.54, 1.807) is 37.3 Å². The van der Waals surface area contributed by atoms with E-state index in [0.717, 1.165) is 32.1 Å². The standard InChI is InChI=1S/C26H40N2O6/c1-26(2,3)34-25(30)27-13-6-8-21(18-27)28(17-19-9-10-19)24(29)20-11-12-22(32-5)23(16-20)33-15-7-14-31-4/h11-12,16,19,21H,6-10,13-15,17-18H2,1-5H3/t21-/m1/s1. The number of hydrogen-bond acceptors (Lipinski definition) is 6. The maximum absolute atomic E-state index is 13.7. The van der Waals surface area contributed by atoms with Crippen molar-refractivity contribution < 1.29 is 28.5 Å². The fourth-order valence-electron chi connectivity index (χ4n) is 4.15. The van der Waals surface area contributed by atoms with Crippen LogP contribution in [0.5, 0.6) is 11.5 Å². The van der Waals surface area contributed by atoms with E-state index in [-0.39, 0.29) is 18.0 Å². The number of benzene rings is 1. The maximum atomic E-state index is 13.7. The summed E-state index contributed by atoms with van der Waals surface area (Å²) >= 11 is 0. The average Bonchev–Trinajstić information content (AvgIpc) is 3.63. The summed E-state index contributed by atoms with van der Waals surface area (Å²) in [5.41, 5.74) is 0.0219. The second-order valence-electron chi connectivity index (χ2n) is 10.2. The van der Waals surface area contributed by atoms with Crippen molar-refractivity contribution in [1.82, 2.24) is 9.80 Å². The van der Waals surface area contributed by atoms with Gasteiger partial charge in [0.05, 0.1) is 13.7 Å². The lowest BCUT2D eigenvalue weighted by molar-refractivity contribution is 0.00996. The van der Waals surface area contributed by atoms with Gasteiger partial charge in [-0.1, -0.05) is 0 Å². The molecule has 34 heavy (non-hydrogen) atoms. The van der Waals surface area contributed by atoms with Gasteiger partial charge in [-0.2, -0.15) is 0 Å². The lowest BCUT2D eigenvalue weighted by atomic mass is 10.0. The number of ether oxygens (including phenoxy) is 4. The molecule has 3 rings (SSSR count). The van der Waals surface area contributed by atoms with Gasteiger partial charge in [0.1, 0.15) is 5.60 Å². The molecule has 8 nitrogen and oxygen atoms in total. The lowest BCUT2D eigenvalue weighted by Gasteiger charge is -2.40. The highest BCUT2D eigenvalue weighted by Gasteiger charge is 2.36. The van der Waals surface area contributed by atoms with E-state index >= 15 is 0 Å². The first-order valence-corrected chi connectivity index (χ1v) is 12.3.